The fraction of sp³-hybridized carbons (Fsp3) is 0.583. The van der Waals surface area contributed by atoms with Gasteiger partial charge in [0, 0.05) is 19.3 Å². The van der Waals surface area contributed by atoms with Crippen molar-refractivity contribution in [3.63, 3.8) is 0 Å². The fourth-order valence-corrected chi connectivity index (χ4v) is 1.62. The number of nitrogens with zero attached hydrogens (tertiary/aromatic N) is 1. The summed E-state index contributed by atoms with van der Waals surface area (Å²) in [7, 11) is -3.09. The van der Waals surface area contributed by atoms with Crippen LogP contribution in [0, 0.1) is 0 Å². The average Bonchev–Trinajstić information content (AvgIpc) is 2.26. The summed E-state index contributed by atoms with van der Waals surface area (Å²) in [5.74, 6) is 0. The summed E-state index contributed by atoms with van der Waals surface area (Å²) >= 11 is 0. The quantitative estimate of drug-likeness (QED) is 0.825. The lowest BCUT2D eigenvalue weighted by atomic mass is 10.2. The van der Waals surface area contributed by atoms with Crippen LogP contribution in [0.15, 0.2) is 18.5 Å². The molecule has 0 unspecified atom stereocenters. The van der Waals surface area contributed by atoms with Gasteiger partial charge in [-0.2, -0.15) is 0 Å². The molecule has 0 aliphatic heterocycles. The number of hydrogen-bond acceptors (Lipinski definition) is 5. The van der Waals surface area contributed by atoms with Gasteiger partial charge in [-0.3, -0.25) is 4.98 Å². The third kappa shape index (κ3) is 3.87. The van der Waals surface area contributed by atoms with E-state index in [1.165, 1.54) is 6.26 Å². The lowest BCUT2D eigenvalue weighted by molar-refractivity contribution is 0.560. The lowest BCUT2D eigenvalue weighted by Crippen LogP contribution is -2.38. The first-order valence-corrected chi connectivity index (χ1v) is 7.78. The third-order valence-corrected chi connectivity index (χ3v) is 4.99. The molecule has 0 radical (unpaired) electrons. The first-order chi connectivity index (χ1) is 8.26. The van der Waals surface area contributed by atoms with Crippen molar-refractivity contribution in [3.8, 4) is 0 Å². The highest BCUT2D eigenvalue weighted by Gasteiger charge is 2.29. The predicted octanol–water partition coefficient (Wildman–Crippen LogP) is 1.75. The Labute approximate surface area is 109 Å². The maximum absolute atomic E-state index is 11.6. The van der Waals surface area contributed by atoms with Crippen LogP contribution >= 0.6 is 0 Å². The minimum atomic E-state index is -3.09. The van der Waals surface area contributed by atoms with Gasteiger partial charge in [0.05, 0.1) is 28.5 Å². The van der Waals surface area contributed by atoms with Gasteiger partial charge < -0.3 is 10.6 Å². The Balaban J connectivity index is 2.72. The molecule has 0 aromatic carbocycles. The van der Waals surface area contributed by atoms with E-state index in [-0.39, 0.29) is 0 Å². The van der Waals surface area contributed by atoms with E-state index in [1.807, 2.05) is 13.0 Å². The molecule has 0 bridgehead atoms. The van der Waals surface area contributed by atoms with Gasteiger partial charge in [-0.1, -0.05) is 0 Å². The SMILES string of the molecule is CCNc1cncc(NCC(C)(C)S(C)(=O)=O)c1. The van der Waals surface area contributed by atoms with Crippen LogP contribution in [0.25, 0.3) is 0 Å². The maximum Gasteiger partial charge on any atom is 0.154 e. The number of hydrogen-bond donors (Lipinski definition) is 2. The van der Waals surface area contributed by atoms with E-state index in [4.69, 9.17) is 0 Å². The highest BCUT2D eigenvalue weighted by molar-refractivity contribution is 7.92. The largest absolute Gasteiger partial charge is 0.384 e. The number of pyridine rings is 1. The Hall–Kier alpha value is -1.30. The summed E-state index contributed by atoms with van der Waals surface area (Å²) in [6, 6.07) is 1.91. The normalized spacial score (nSPS) is 12.2. The van der Waals surface area contributed by atoms with Crippen LogP contribution in [-0.2, 0) is 9.84 Å². The number of anilines is 2. The van der Waals surface area contributed by atoms with Crippen LogP contribution in [0.3, 0.4) is 0 Å². The molecule has 0 saturated carbocycles. The maximum atomic E-state index is 11.6. The molecule has 0 spiro atoms. The molecule has 1 aromatic rings. The van der Waals surface area contributed by atoms with E-state index in [1.54, 1.807) is 26.2 Å². The molecule has 0 saturated heterocycles. The van der Waals surface area contributed by atoms with E-state index in [0.29, 0.717) is 6.54 Å². The van der Waals surface area contributed by atoms with Crippen LogP contribution in [0.2, 0.25) is 0 Å². The minimum Gasteiger partial charge on any atom is -0.384 e. The third-order valence-electron chi connectivity index (χ3n) is 2.84. The number of nitrogens with one attached hydrogen (secondary N) is 2. The average molecular weight is 271 g/mol. The molecular formula is C12H21N3O2S. The molecule has 18 heavy (non-hydrogen) atoms. The molecule has 102 valence electrons. The Morgan fingerprint density at radius 1 is 1.22 bits per heavy atom. The molecule has 6 heteroatoms. The Morgan fingerprint density at radius 3 is 2.28 bits per heavy atom. The first kappa shape index (κ1) is 14.8. The summed E-state index contributed by atoms with van der Waals surface area (Å²) in [5.41, 5.74) is 1.73. The number of sulfone groups is 1. The molecule has 0 aliphatic carbocycles. The van der Waals surface area contributed by atoms with Gasteiger partial charge in [-0.25, -0.2) is 8.42 Å². The van der Waals surface area contributed by atoms with Gasteiger partial charge in [0.25, 0.3) is 0 Å². The van der Waals surface area contributed by atoms with Gasteiger partial charge in [0.15, 0.2) is 9.84 Å². The topological polar surface area (TPSA) is 71.1 Å². The lowest BCUT2D eigenvalue weighted by Gasteiger charge is -2.23. The fourth-order valence-electron chi connectivity index (χ4n) is 1.28. The second-order valence-electron chi connectivity index (χ2n) is 4.88. The molecular weight excluding hydrogens is 250 g/mol. The van der Waals surface area contributed by atoms with Gasteiger partial charge in [0.1, 0.15) is 0 Å². The van der Waals surface area contributed by atoms with Gasteiger partial charge >= 0.3 is 0 Å². The van der Waals surface area contributed by atoms with Crippen molar-refractivity contribution in [1.29, 1.82) is 0 Å². The van der Waals surface area contributed by atoms with E-state index in [0.717, 1.165) is 17.9 Å². The van der Waals surface area contributed by atoms with Crippen molar-refractivity contribution in [2.45, 2.75) is 25.5 Å². The predicted molar refractivity (Wildman–Crippen MR) is 75.8 cm³/mol. The molecule has 2 N–H and O–H groups in total. The Bertz CT molecular complexity index is 498. The van der Waals surface area contributed by atoms with E-state index < -0.39 is 14.6 Å². The van der Waals surface area contributed by atoms with Gasteiger partial charge in [-0.15, -0.1) is 0 Å². The second-order valence-corrected chi connectivity index (χ2v) is 7.53. The van der Waals surface area contributed by atoms with Crippen LogP contribution in [0.5, 0.6) is 0 Å². The van der Waals surface area contributed by atoms with Crippen LogP contribution in [-0.4, -0.2) is 37.5 Å². The summed E-state index contributed by atoms with van der Waals surface area (Å²) in [5, 5.41) is 6.26. The molecule has 1 heterocycles. The molecule has 0 fully saturated rings. The molecule has 0 amide bonds. The molecule has 1 aromatic heterocycles. The summed E-state index contributed by atoms with van der Waals surface area (Å²) < 4.78 is 22.3. The van der Waals surface area contributed by atoms with E-state index >= 15 is 0 Å². The second kappa shape index (κ2) is 5.56. The van der Waals surface area contributed by atoms with Crippen LogP contribution < -0.4 is 10.6 Å². The van der Waals surface area contributed by atoms with Crippen LogP contribution in [0.1, 0.15) is 20.8 Å². The number of aromatic nitrogens is 1. The molecule has 1 rings (SSSR count). The molecule has 0 atom stereocenters. The standard InChI is InChI=1S/C12H21N3O2S/c1-5-14-10-6-11(8-13-7-10)15-9-12(2,3)18(4,16)17/h6-8,14-15H,5,9H2,1-4H3. The van der Waals surface area contributed by atoms with Crippen molar-refractivity contribution < 1.29 is 8.42 Å². The minimum absolute atomic E-state index is 0.350. The Morgan fingerprint density at radius 2 is 1.78 bits per heavy atom. The monoisotopic (exact) mass is 271 g/mol. The highest BCUT2D eigenvalue weighted by Crippen LogP contribution is 2.18. The zero-order valence-corrected chi connectivity index (χ0v) is 12.1. The number of rotatable bonds is 6. The molecule has 0 aliphatic rings. The van der Waals surface area contributed by atoms with Gasteiger partial charge in [0.2, 0.25) is 0 Å². The molecule has 5 nitrogen and oxygen atoms in total. The highest BCUT2D eigenvalue weighted by atomic mass is 32.2. The van der Waals surface area contributed by atoms with Crippen molar-refractivity contribution >= 4 is 21.2 Å². The van der Waals surface area contributed by atoms with Crippen molar-refractivity contribution in [2.75, 3.05) is 30.0 Å². The van der Waals surface area contributed by atoms with Gasteiger partial charge in [-0.05, 0) is 26.8 Å². The Kier molecular flexibility index (Phi) is 4.56. The zero-order valence-electron chi connectivity index (χ0n) is 11.3. The summed E-state index contributed by atoms with van der Waals surface area (Å²) in [6.45, 7) is 6.59. The smallest absolute Gasteiger partial charge is 0.154 e. The van der Waals surface area contributed by atoms with Crippen molar-refractivity contribution in [3.05, 3.63) is 18.5 Å². The first-order valence-electron chi connectivity index (χ1n) is 5.88. The zero-order chi connectivity index (χ0) is 13.8. The van der Waals surface area contributed by atoms with Crippen LogP contribution in [0.4, 0.5) is 11.4 Å². The van der Waals surface area contributed by atoms with Crippen molar-refractivity contribution in [1.82, 2.24) is 4.98 Å². The van der Waals surface area contributed by atoms with Crippen molar-refractivity contribution in [2.24, 2.45) is 0 Å². The summed E-state index contributed by atoms with van der Waals surface area (Å²) in [6.07, 6.45) is 4.66. The van der Waals surface area contributed by atoms with E-state index in [2.05, 4.69) is 15.6 Å². The van der Waals surface area contributed by atoms with E-state index in [9.17, 15) is 8.42 Å². The summed E-state index contributed by atoms with van der Waals surface area (Å²) in [4.78, 5) is 4.09.